The molecule has 0 bridgehead atoms. The summed E-state index contributed by atoms with van der Waals surface area (Å²) in [6.07, 6.45) is 4.34. The highest BCUT2D eigenvalue weighted by atomic mass is 32.2. The van der Waals surface area contributed by atoms with Crippen LogP contribution in [0.2, 0.25) is 0 Å². The third kappa shape index (κ3) is 5.38. The van der Waals surface area contributed by atoms with Crippen LogP contribution in [-0.2, 0) is 25.0 Å². The monoisotopic (exact) mass is 424 g/mol. The molecule has 0 spiro atoms. The number of hydrogen-bond acceptors (Lipinski definition) is 2. The lowest BCUT2D eigenvalue weighted by molar-refractivity contribution is 0.949. The molecule has 28 heavy (non-hydrogen) atoms. The molecule has 0 saturated heterocycles. The lowest BCUT2D eigenvalue weighted by Crippen LogP contribution is -2.02. The van der Waals surface area contributed by atoms with Gasteiger partial charge >= 0.3 is 0 Å². The van der Waals surface area contributed by atoms with Crippen LogP contribution in [0.15, 0.2) is 58.8 Å². The second kappa shape index (κ2) is 10.4. The predicted octanol–water partition coefficient (Wildman–Crippen LogP) is 7.77. The second-order valence-corrected chi connectivity index (χ2v) is 10.1. The van der Waals surface area contributed by atoms with E-state index in [4.69, 9.17) is 0 Å². The number of rotatable bonds is 9. The van der Waals surface area contributed by atoms with Gasteiger partial charge in [-0.25, -0.2) is 0 Å². The van der Waals surface area contributed by atoms with Crippen molar-refractivity contribution in [2.24, 2.45) is 0 Å². The van der Waals surface area contributed by atoms with Gasteiger partial charge in [0.2, 0.25) is 0 Å². The van der Waals surface area contributed by atoms with Crippen LogP contribution in [-0.4, -0.2) is 5.29 Å². The van der Waals surface area contributed by atoms with Gasteiger partial charge in [0, 0.05) is 16.2 Å². The Kier molecular flexibility index (Phi) is 7.97. The van der Waals surface area contributed by atoms with Crippen molar-refractivity contribution in [1.29, 1.82) is 0 Å². The van der Waals surface area contributed by atoms with E-state index in [2.05, 4.69) is 84.2 Å². The first-order valence-electron chi connectivity index (χ1n) is 10.1. The van der Waals surface area contributed by atoms with Crippen LogP contribution in [0.4, 0.5) is 0 Å². The van der Waals surface area contributed by atoms with Crippen LogP contribution in [0, 0.1) is 6.92 Å². The zero-order valence-electron chi connectivity index (χ0n) is 17.0. The van der Waals surface area contributed by atoms with Gasteiger partial charge < -0.3 is 0 Å². The molecule has 1 aromatic heterocycles. The summed E-state index contributed by atoms with van der Waals surface area (Å²) in [5.74, 6) is 1.02. The highest BCUT2D eigenvalue weighted by Gasteiger charge is 2.18. The van der Waals surface area contributed by atoms with Crippen molar-refractivity contribution in [3.05, 3.63) is 87.3 Å². The molecule has 3 rings (SSSR count). The third-order valence-electron chi connectivity index (χ3n) is 5.14. The molecule has 0 nitrogen and oxygen atoms in total. The Morgan fingerprint density at radius 3 is 2.21 bits per heavy atom. The number of benzene rings is 2. The first-order valence-corrected chi connectivity index (χ1v) is 12.4. The summed E-state index contributed by atoms with van der Waals surface area (Å²) in [6.45, 7) is 6.72. The average molecular weight is 425 g/mol. The zero-order valence-corrected chi connectivity index (χ0v) is 19.7. The van der Waals surface area contributed by atoms with Gasteiger partial charge in [-0.15, -0.1) is 32.0 Å². The van der Waals surface area contributed by atoms with Crippen molar-refractivity contribution in [2.45, 2.75) is 56.4 Å². The minimum absolute atomic E-state index is 1.02. The van der Waals surface area contributed by atoms with Crippen LogP contribution >= 0.6 is 32.0 Å². The van der Waals surface area contributed by atoms with E-state index in [0.717, 1.165) is 31.4 Å². The molecule has 0 fully saturated rings. The fraction of sp³-hybridized carbons (Fsp3) is 0.320. The number of thioether (sulfide) groups is 1. The van der Waals surface area contributed by atoms with Crippen LogP contribution < -0.4 is 0 Å². The number of thiophene rings is 1. The Morgan fingerprint density at radius 2 is 1.57 bits per heavy atom. The molecule has 0 aliphatic carbocycles. The maximum absolute atomic E-state index is 3.94. The number of aryl methyl sites for hydroxylation is 3. The Labute approximate surface area is 180 Å². The summed E-state index contributed by atoms with van der Waals surface area (Å²) in [6, 6.07) is 19.9. The molecule has 2 aromatic carbocycles. The van der Waals surface area contributed by atoms with E-state index in [1.54, 1.807) is 0 Å². The molecule has 3 aromatic rings. The van der Waals surface area contributed by atoms with Crippen LogP contribution in [0.3, 0.4) is 0 Å². The summed E-state index contributed by atoms with van der Waals surface area (Å²) in [4.78, 5) is 1.46. The van der Waals surface area contributed by atoms with E-state index in [1.807, 2.05) is 23.1 Å². The Hall–Kier alpha value is -1.34. The average Bonchev–Trinajstić information content (AvgIpc) is 3.06. The van der Waals surface area contributed by atoms with Crippen LogP contribution in [0.1, 0.15) is 53.0 Å². The van der Waals surface area contributed by atoms with Gasteiger partial charge in [-0.3, -0.25) is 0 Å². The topological polar surface area (TPSA) is 0 Å². The van der Waals surface area contributed by atoms with E-state index in [0.29, 0.717) is 0 Å². The molecule has 0 aliphatic heterocycles. The summed E-state index contributed by atoms with van der Waals surface area (Å²) < 4.78 is 1.45. The summed E-state index contributed by atoms with van der Waals surface area (Å²) in [5.41, 5.74) is 7.20. The maximum atomic E-state index is 3.94. The quantitative estimate of drug-likeness (QED) is 0.250. The fourth-order valence-corrected chi connectivity index (χ4v) is 6.45. The lowest BCUT2D eigenvalue weighted by Gasteiger charge is -2.10. The highest BCUT2D eigenvalue weighted by Crippen LogP contribution is 2.39. The summed E-state index contributed by atoms with van der Waals surface area (Å²) in [5, 5.41) is 1.33. The summed E-state index contributed by atoms with van der Waals surface area (Å²) in [7, 11) is 3.94. The molecule has 0 unspecified atom stereocenters. The minimum atomic E-state index is 1.02. The van der Waals surface area contributed by atoms with Crippen molar-refractivity contribution in [3.8, 4) is 0 Å². The van der Waals surface area contributed by atoms with Gasteiger partial charge in [0.1, 0.15) is 0 Å². The molecular formula is C25H29PS2. The van der Waals surface area contributed by atoms with Crippen molar-refractivity contribution in [2.75, 3.05) is 0 Å². The second-order valence-electron chi connectivity index (χ2n) is 7.08. The van der Waals surface area contributed by atoms with Gasteiger partial charge in [0.25, 0.3) is 0 Å². The Bertz CT molecular complexity index is 908. The molecular weight excluding hydrogens is 395 g/mol. The van der Waals surface area contributed by atoms with Gasteiger partial charge in [-0.1, -0.05) is 68.4 Å². The number of hydrogen-bond donors (Lipinski definition) is 0. The molecule has 0 saturated carbocycles. The third-order valence-corrected chi connectivity index (χ3v) is 8.23. The molecule has 3 heteroatoms. The molecule has 0 radical (unpaired) electrons. The lowest BCUT2D eigenvalue weighted by atomic mass is 9.98. The SMILES string of the molecule is CCC(=P)c1c(SCc2ccccc2)sc(C)c1CCc1ccc(CC)cc1. The van der Waals surface area contributed by atoms with Crippen molar-refractivity contribution in [3.63, 3.8) is 0 Å². The molecule has 0 aliphatic rings. The zero-order chi connectivity index (χ0) is 19.9. The van der Waals surface area contributed by atoms with Crippen LogP contribution in [0.5, 0.6) is 0 Å². The van der Waals surface area contributed by atoms with Crippen LogP contribution in [0.25, 0.3) is 0 Å². The molecule has 1 heterocycles. The maximum Gasteiger partial charge on any atom is 0.0686 e. The fourth-order valence-electron chi connectivity index (χ4n) is 3.37. The summed E-state index contributed by atoms with van der Waals surface area (Å²) >= 11 is 3.93. The standard InChI is InChI=1S/C25H29PS2/c1-4-19-11-13-20(14-12-19)15-16-22-18(3)28-25(24(22)23(26)5-2)27-17-21-9-7-6-8-10-21/h6-14,26H,4-5,15-17H2,1-3H3. The van der Waals surface area contributed by atoms with E-state index >= 15 is 0 Å². The van der Waals surface area contributed by atoms with Crippen molar-refractivity contribution >= 4 is 37.3 Å². The minimum Gasteiger partial charge on any atom is -0.133 e. The largest absolute Gasteiger partial charge is 0.133 e. The smallest absolute Gasteiger partial charge is 0.0686 e. The Morgan fingerprint density at radius 1 is 0.893 bits per heavy atom. The first-order chi connectivity index (χ1) is 13.6. The van der Waals surface area contributed by atoms with E-state index < -0.39 is 0 Å². The Balaban J connectivity index is 1.79. The highest BCUT2D eigenvalue weighted by molar-refractivity contribution is 8.00. The van der Waals surface area contributed by atoms with E-state index in [9.17, 15) is 0 Å². The predicted molar refractivity (Wildman–Crippen MR) is 131 cm³/mol. The molecule has 0 amide bonds. The van der Waals surface area contributed by atoms with Crippen molar-refractivity contribution < 1.29 is 0 Å². The normalized spacial score (nSPS) is 11.0. The van der Waals surface area contributed by atoms with E-state index in [-0.39, 0.29) is 0 Å². The van der Waals surface area contributed by atoms with Gasteiger partial charge in [-0.05, 0) is 60.2 Å². The van der Waals surface area contributed by atoms with Gasteiger partial charge in [0.15, 0.2) is 0 Å². The first kappa shape index (κ1) is 21.4. The van der Waals surface area contributed by atoms with E-state index in [1.165, 1.54) is 42.2 Å². The van der Waals surface area contributed by atoms with Crippen molar-refractivity contribution in [1.82, 2.24) is 0 Å². The molecule has 146 valence electrons. The van der Waals surface area contributed by atoms with Gasteiger partial charge in [0.05, 0.1) is 4.21 Å². The molecule has 0 N–H and O–H groups in total. The van der Waals surface area contributed by atoms with Gasteiger partial charge in [-0.2, -0.15) is 0 Å². The molecule has 0 atom stereocenters.